The highest BCUT2D eigenvalue weighted by molar-refractivity contribution is 5.78. The number of hydrogen-bond donors (Lipinski definition) is 1. The Balaban J connectivity index is 2.00. The van der Waals surface area contributed by atoms with Crippen LogP contribution in [0.4, 0.5) is 0 Å². The predicted octanol–water partition coefficient (Wildman–Crippen LogP) is 0.606. The first-order valence-electron chi connectivity index (χ1n) is 4.82. The number of amides is 1. The van der Waals surface area contributed by atoms with Crippen LogP contribution in [-0.2, 0) is 11.2 Å². The molecule has 1 amide bonds. The Kier molecular flexibility index (Phi) is 2.43. The Hall–Kier alpha value is -1.45. The van der Waals surface area contributed by atoms with Gasteiger partial charge in [-0.3, -0.25) is 4.79 Å². The fraction of sp³-hybridized carbons (Fsp3) is 0.500. The van der Waals surface area contributed by atoms with E-state index in [1.807, 2.05) is 13.0 Å². The number of nitrogens with one attached hydrogen (secondary N) is 1. The zero-order valence-electron chi connectivity index (χ0n) is 8.16. The van der Waals surface area contributed by atoms with Crippen LogP contribution < -0.4 is 5.32 Å². The van der Waals surface area contributed by atoms with Crippen LogP contribution in [0, 0.1) is 6.92 Å². The molecule has 1 aromatic rings. The quantitative estimate of drug-likeness (QED) is 0.745. The molecule has 0 aromatic carbocycles. The summed E-state index contributed by atoms with van der Waals surface area (Å²) in [5, 5.41) is 2.92. The molecule has 0 saturated carbocycles. The van der Waals surface area contributed by atoms with Crippen LogP contribution in [-0.4, -0.2) is 21.9 Å². The number of aromatic nitrogens is 2. The van der Waals surface area contributed by atoms with Gasteiger partial charge in [-0.2, -0.15) is 0 Å². The maximum atomic E-state index is 11.0. The average Bonchev–Trinajstić information content (AvgIpc) is 2.51. The zero-order chi connectivity index (χ0) is 9.97. The van der Waals surface area contributed by atoms with Gasteiger partial charge in [0.2, 0.25) is 5.91 Å². The lowest BCUT2D eigenvalue weighted by molar-refractivity contribution is -0.119. The van der Waals surface area contributed by atoms with Crippen molar-refractivity contribution in [3.8, 4) is 0 Å². The minimum atomic E-state index is 0.153. The highest BCUT2D eigenvalue weighted by Crippen LogP contribution is 2.11. The summed E-state index contributed by atoms with van der Waals surface area (Å²) in [7, 11) is 0. The van der Waals surface area contributed by atoms with E-state index in [9.17, 15) is 4.79 Å². The van der Waals surface area contributed by atoms with E-state index in [1.54, 1.807) is 6.20 Å². The lowest BCUT2D eigenvalue weighted by atomic mass is 10.1. The summed E-state index contributed by atoms with van der Waals surface area (Å²) in [5.74, 6) is 0.938. The summed E-state index contributed by atoms with van der Waals surface area (Å²) in [5.41, 5.74) is 1.00. The largest absolute Gasteiger partial charge is 0.353 e. The van der Waals surface area contributed by atoms with Crippen LogP contribution >= 0.6 is 0 Å². The first-order chi connectivity index (χ1) is 6.74. The van der Waals surface area contributed by atoms with Gasteiger partial charge in [0.05, 0.1) is 0 Å². The summed E-state index contributed by atoms with van der Waals surface area (Å²) in [6.45, 7) is 1.87. The van der Waals surface area contributed by atoms with E-state index < -0.39 is 0 Å². The molecular formula is C10H13N3O. The lowest BCUT2D eigenvalue weighted by Gasteiger charge is -2.08. The number of nitrogens with zero attached hydrogens (tertiary/aromatic N) is 2. The van der Waals surface area contributed by atoms with Crippen molar-refractivity contribution in [1.82, 2.24) is 15.3 Å². The minimum absolute atomic E-state index is 0.153. The second-order valence-corrected chi connectivity index (χ2v) is 3.60. The van der Waals surface area contributed by atoms with Crippen LogP contribution in [0.1, 0.15) is 24.4 Å². The molecule has 0 aliphatic carbocycles. The van der Waals surface area contributed by atoms with Crippen LogP contribution in [0.25, 0.3) is 0 Å². The Labute approximate surface area is 82.8 Å². The van der Waals surface area contributed by atoms with Gasteiger partial charge in [0.25, 0.3) is 0 Å². The third-order valence-corrected chi connectivity index (χ3v) is 2.37. The molecule has 0 radical (unpaired) electrons. The monoisotopic (exact) mass is 191 g/mol. The van der Waals surface area contributed by atoms with Crippen molar-refractivity contribution in [3.05, 3.63) is 23.8 Å². The predicted molar refractivity (Wildman–Crippen MR) is 51.6 cm³/mol. The molecule has 1 fully saturated rings. The normalized spacial score (nSPS) is 20.9. The van der Waals surface area contributed by atoms with E-state index in [-0.39, 0.29) is 11.9 Å². The Morgan fingerprint density at radius 3 is 3.14 bits per heavy atom. The van der Waals surface area contributed by atoms with Gasteiger partial charge in [-0.05, 0) is 19.4 Å². The molecule has 1 aliphatic heterocycles. The molecule has 2 rings (SSSR count). The second kappa shape index (κ2) is 3.74. The van der Waals surface area contributed by atoms with E-state index in [0.717, 1.165) is 24.4 Å². The highest BCUT2D eigenvalue weighted by atomic mass is 16.1. The molecule has 4 nitrogen and oxygen atoms in total. The molecule has 1 saturated heterocycles. The van der Waals surface area contributed by atoms with Crippen LogP contribution in [0.15, 0.2) is 12.3 Å². The maximum absolute atomic E-state index is 11.0. The molecule has 1 aromatic heterocycles. The molecular weight excluding hydrogens is 178 g/mol. The third kappa shape index (κ3) is 2.07. The molecule has 14 heavy (non-hydrogen) atoms. The van der Waals surface area contributed by atoms with E-state index in [0.29, 0.717) is 6.42 Å². The topological polar surface area (TPSA) is 54.9 Å². The fourth-order valence-corrected chi connectivity index (χ4v) is 1.70. The molecule has 1 aliphatic rings. The van der Waals surface area contributed by atoms with Gasteiger partial charge in [0.15, 0.2) is 0 Å². The summed E-state index contributed by atoms with van der Waals surface area (Å²) in [6.07, 6.45) is 4.14. The van der Waals surface area contributed by atoms with Gasteiger partial charge in [-0.25, -0.2) is 9.97 Å². The van der Waals surface area contributed by atoms with Gasteiger partial charge in [0, 0.05) is 30.8 Å². The SMILES string of the molecule is Cc1nccc(CC2CCC(=O)N2)n1. The molecule has 1 unspecified atom stereocenters. The van der Waals surface area contributed by atoms with Gasteiger partial charge in [-0.15, -0.1) is 0 Å². The van der Waals surface area contributed by atoms with Crippen molar-refractivity contribution in [3.63, 3.8) is 0 Å². The summed E-state index contributed by atoms with van der Waals surface area (Å²) in [4.78, 5) is 19.3. The zero-order valence-corrected chi connectivity index (χ0v) is 8.16. The summed E-state index contributed by atoms with van der Waals surface area (Å²) >= 11 is 0. The first kappa shape index (κ1) is 9.12. The molecule has 2 heterocycles. The van der Waals surface area contributed by atoms with E-state index in [4.69, 9.17) is 0 Å². The van der Waals surface area contributed by atoms with E-state index >= 15 is 0 Å². The Morgan fingerprint density at radius 1 is 1.64 bits per heavy atom. The van der Waals surface area contributed by atoms with E-state index in [1.165, 1.54) is 0 Å². The standard InChI is InChI=1S/C10H13N3O/c1-7-11-5-4-9(12-7)6-8-2-3-10(14)13-8/h4-5,8H,2-3,6H2,1H3,(H,13,14). The first-order valence-corrected chi connectivity index (χ1v) is 4.82. The maximum Gasteiger partial charge on any atom is 0.220 e. The van der Waals surface area contributed by atoms with Crippen molar-refractivity contribution in [2.75, 3.05) is 0 Å². The number of aryl methyl sites for hydroxylation is 1. The highest BCUT2D eigenvalue weighted by Gasteiger charge is 2.21. The lowest BCUT2D eigenvalue weighted by Crippen LogP contribution is -2.27. The number of hydrogen-bond acceptors (Lipinski definition) is 3. The molecule has 1 N–H and O–H groups in total. The molecule has 74 valence electrons. The van der Waals surface area contributed by atoms with Crippen LogP contribution in [0.5, 0.6) is 0 Å². The summed E-state index contributed by atoms with van der Waals surface area (Å²) in [6, 6.07) is 2.16. The van der Waals surface area contributed by atoms with Crippen LogP contribution in [0.3, 0.4) is 0 Å². The van der Waals surface area contributed by atoms with E-state index in [2.05, 4.69) is 15.3 Å². The molecule has 4 heteroatoms. The summed E-state index contributed by atoms with van der Waals surface area (Å²) < 4.78 is 0. The molecule has 0 bridgehead atoms. The van der Waals surface area contributed by atoms with Gasteiger partial charge in [-0.1, -0.05) is 0 Å². The Bertz CT molecular complexity index is 351. The van der Waals surface area contributed by atoms with Gasteiger partial charge < -0.3 is 5.32 Å². The van der Waals surface area contributed by atoms with Crippen LogP contribution in [0.2, 0.25) is 0 Å². The number of rotatable bonds is 2. The fourth-order valence-electron chi connectivity index (χ4n) is 1.70. The number of carbonyl (C=O) groups excluding carboxylic acids is 1. The third-order valence-electron chi connectivity index (χ3n) is 2.37. The van der Waals surface area contributed by atoms with Crippen molar-refractivity contribution >= 4 is 5.91 Å². The second-order valence-electron chi connectivity index (χ2n) is 3.60. The smallest absolute Gasteiger partial charge is 0.220 e. The van der Waals surface area contributed by atoms with Crippen molar-refractivity contribution in [2.24, 2.45) is 0 Å². The van der Waals surface area contributed by atoms with Gasteiger partial charge >= 0.3 is 0 Å². The molecule has 1 atom stereocenters. The van der Waals surface area contributed by atoms with Crippen molar-refractivity contribution in [1.29, 1.82) is 0 Å². The number of carbonyl (C=O) groups is 1. The average molecular weight is 191 g/mol. The van der Waals surface area contributed by atoms with Crippen molar-refractivity contribution in [2.45, 2.75) is 32.2 Å². The molecule has 0 spiro atoms. The Morgan fingerprint density at radius 2 is 2.50 bits per heavy atom. The van der Waals surface area contributed by atoms with Crippen molar-refractivity contribution < 1.29 is 4.79 Å². The van der Waals surface area contributed by atoms with Gasteiger partial charge in [0.1, 0.15) is 5.82 Å². The minimum Gasteiger partial charge on any atom is -0.353 e.